The summed E-state index contributed by atoms with van der Waals surface area (Å²) in [5.74, 6) is 1.97. The van der Waals surface area contributed by atoms with E-state index in [1.165, 1.54) is 13.3 Å². The van der Waals surface area contributed by atoms with Crippen LogP contribution in [0.1, 0.15) is 75.4 Å². The number of methoxy groups -OCH3 is 2. The van der Waals surface area contributed by atoms with Crippen LogP contribution in [0.5, 0.6) is 0 Å². The van der Waals surface area contributed by atoms with Crippen LogP contribution in [-0.2, 0) is 19.1 Å². The quantitative estimate of drug-likeness (QED) is 0.140. The molecule has 2 aliphatic rings. The van der Waals surface area contributed by atoms with Crippen LogP contribution in [0, 0.1) is 40.9 Å². The van der Waals surface area contributed by atoms with Crippen LogP contribution in [0.3, 0.4) is 0 Å². The zero-order chi connectivity index (χ0) is 43.3. The molecule has 4 N–H and O–H groups in total. The molecule has 2 aliphatic heterocycles. The van der Waals surface area contributed by atoms with Gasteiger partial charge in [0.05, 0.1) is 68.6 Å². The van der Waals surface area contributed by atoms with E-state index < -0.39 is 67.1 Å². The highest BCUT2D eigenvalue weighted by atomic mass is 19.3. The largest absolute Gasteiger partial charge is 0.453 e. The summed E-state index contributed by atoms with van der Waals surface area (Å²) in [6, 6.07) is 13.7. The molecule has 0 saturated carbocycles. The van der Waals surface area contributed by atoms with Gasteiger partial charge in [-0.05, 0) is 53.6 Å². The number of amides is 4. The van der Waals surface area contributed by atoms with Crippen LogP contribution in [0.4, 0.5) is 18.4 Å². The number of aromatic amines is 2. The lowest BCUT2D eigenvalue weighted by Crippen LogP contribution is -2.51. The maximum absolute atomic E-state index is 14.7. The van der Waals surface area contributed by atoms with E-state index in [0.717, 1.165) is 40.0 Å². The number of alkyl carbamates (subject to hydrolysis) is 2. The van der Waals surface area contributed by atoms with Crippen molar-refractivity contribution in [3.8, 4) is 40.4 Å². The summed E-state index contributed by atoms with van der Waals surface area (Å²) in [5.41, 5.74) is 4.37. The van der Waals surface area contributed by atoms with Gasteiger partial charge in [-0.1, -0.05) is 63.8 Å². The fourth-order valence-corrected chi connectivity index (χ4v) is 7.40. The first-order valence-electron chi connectivity index (χ1n) is 19.5. The summed E-state index contributed by atoms with van der Waals surface area (Å²) in [6.07, 6.45) is 1.46. The summed E-state index contributed by atoms with van der Waals surface area (Å²) in [7, 11) is 2.40. The number of hydrogen-bond donors (Lipinski definition) is 4. The molecule has 0 bridgehead atoms. The van der Waals surface area contributed by atoms with Gasteiger partial charge in [0.25, 0.3) is 5.92 Å². The lowest BCUT2D eigenvalue weighted by Gasteiger charge is -2.29. The molecule has 2 unspecified atom stereocenters. The van der Waals surface area contributed by atoms with Gasteiger partial charge in [0.15, 0.2) is 0 Å². The number of aromatic nitrogens is 4. The molecular formula is C43H47F2N9O6. The summed E-state index contributed by atoms with van der Waals surface area (Å²) in [4.78, 5) is 69.0. The van der Waals surface area contributed by atoms with Crippen molar-refractivity contribution in [1.29, 1.82) is 5.26 Å². The fraction of sp³-hybridized carbons (Fsp3) is 0.419. The molecule has 2 fully saturated rings. The number of nitrogens with zero attached hydrogens (tertiary/aromatic N) is 5. The predicted octanol–water partition coefficient (Wildman–Crippen LogP) is 5.95. The Balaban J connectivity index is 1.11. The van der Waals surface area contributed by atoms with E-state index in [2.05, 4.69) is 53.2 Å². The van der Waals surface area contributed by atoms with Gasteiger partial charge in [-0.2, -0.15) is 5.26 Å². The highest BCUT2D eigenvalue weighted by Crippen LogP contribution is 2.41. The van der Waals surface area contributed by atoms with E-state index in [4.69, 9.17) is 4.74 Å². The van der Waals surface area contributed by atoms with E-state index >= 15 is 0 Å². The van der Waals surface area contributed by atoms with Crippen LogP contribution in [-0.4, -0.2) is 99.1 Å². The van der Waals surface area contributed by atoms with Gasteiger partial charge < -0.3 is 39.9 Å². The Morgan fingerprint density at radius 2 is 1.22 bits per heavy atom. The number of halogens is 2. The molecule has 6 rings (SSSR count). The summed E-state index contributed by atoms with van der Waals surface area (Å²) in [5, 5.41) is 14.8. The van der Waals surface area contributed by atoms with Crippen LogP contribution in [0.15, 0.2) is 60.9 Å². The van der Waals surface area contributed by atoms with Crippen molar-refractivity contribution in [3.63, 3.8) is 0 Å². The van der Waals surface area contributed by atoms with Gasteiger partial charge in [-0.15, -0.1) is 0 Å². The topological polar surface area (TPSA) is 198 Å². The van der Waals surface area contributed by atoms with Gasteiger partial charge >= 0.3 is 12.2 Å². The highest BCUT2D eigenvalue weighted by Gasteiger charge is 2.50. The van der Waals surface area contributed by atoms with Crippen molar-refractivity contribution in [3.05, 3.63) is 83.7 Å². The van der Waals surface area contributed by atoms with Gasteiger partial charge in [-0.3, -0.25) is 9.59 Å². The summed E-state index contributed by atoms with van der Waals surface area (Å²) >= 11 is 0. The van der Waals surface area contributed by atoms with Crippen LogP contribution < -0.4 is 10.6 Å². The molecule has 2 aromatic heterocycles. The molecule has 5 atom stereocenters. The first-order chi connectivity index (χ1) is 28.6. The van der Waals surface area contributed by atoms with Crippen LogP contribution in [0.25, 0.3) is 22.5 Å². The summed E-state index contributed by atoms with van der Waals surface area (Å²) < 4.78 is 38.8. The van der Waals surface area contributed by atoms with Crippen LogP contribution in [0.2, 0.25) is 0 Å². The molecule has 4 aromatic rings. The number of hydrogen-bond acceptors (Lipinski definition) is 9. The number of carbonyl (C=O) groups excluding carboxylic acids is 4. The second-order valence-corrected chi connectivity index (χ2v) is 15.6. The maximum Gasteiger partial charge on any atom is 0.407 e. The zero-order valence-electron chi connectivity index (χ0n) is 34.1. The van der Waals surface area contributed by atoms with Crippen molar-refractivity contribution < 1.29 is 37.4 Å². The van der Waals surface area contributed by atoms with Crippen molar-refractivity contribution in [2.75, 3.05) is 27.3 Å². The zero-order valence-corrected chi connectivity index (χ0v) is 34.1. The second kappa shape index (κ2) is 18.0. The molecule has 0 radical (unpaired) electrons. The monoisotopic (exact) mass is 823 g/mol. The molecule has 17 heteroatoms. The minimum Gasteiger partial charge on any atom is -0.453 e. The third-order valence-corrected chi connectivity index (χ3v) is 10.7. The molecule has 4 amide bonds. The van der Waals surface area contributed by atoms with Crippen LogP contribution >= 0.6 is 0 Å². The normalized spacial score (nSPS) is 19.2. The Hall–Kier alpha value is -6.75. The molecular weight excluding hydrogens is 777 g/mol. The van der Waals surface area contributed by atoms with Gasteiger partial charge in [0, 0.05) is 24.1 Å². The minimum atomic E-state index is -3.14. The smallest absolute Gasteiger partial charge is 0.407 e. The van der Waals surface area contributed by atoms with Gasteiger partial charge in [-0.25, -0.2) is 28.3 Å². The number of H-pyrrole nitrogens is 2. The number of ether oxygens (including phenoxy) is 2. The molecule has 2 saturated heterocycles. The molecule has 0 spiro atoms. The maximum atomic E-state index is 14.7. The van der Waals surface area contributed by atoms with Crippen molar-refractivity contribution >= 4 is 24.0 Å². The Morgan fingerprint density at radius 1 is 0.767 bits per heavy atom. The van der Waals surface area contributed by atoms with E-state index in [9.17, 15) is 33.2 Å². The number of rotatable bonds is 10. The molecule has 0 aliphatic carbocycles. The Morgan fingerprint density at radius 3 is 1.65 bits per heavy atom. The van der Waals surface area contributed by atoms with Crippen molar-refractivity contribution in [1.82, 2.24) is 40.4 Å². The van der Waals surface area contributed by atoms with E-state index in [1.807, 2.05) is 62.4 Å². The Labute approximate surface area is 346 Å². The number of carbonyl (C=O) groups is 4. The lowest BCUT2D eigenvalue weighted by atomic mass is 10.0. The van der Waals surface area contributed by atoms with Gasteiger partial charge in [0.1, 0.15) is 23.7 Å². The third-order valence-electron chi connectivity index (χ3n) is 10.7. The minimum absolute atomic E-state index is 0.211. The van der Waals surface area contributed by atoms with E-state index in [0.29, 0.717) is 17.9 Å². The fourth-order valence-electron chi connectivity index (χ4n) is 7.40. The SMILES string of the molecule is COC(=O)NC(C(=O)N1CC(C#N)C[C@H]1c1ncc(-c2ccc(C#Cc3ccc(-c4cnc([C@@H]5CC(F)(F)CN5C(=O)[C@@H](NC(=O)OC)C(C)C)[nH]4)cc3)cc2)[nH]1)C(C)C. The first kappa shape index (κ1) is 42.8. The Kier molecular flexibility index (Phi) is 12.9. The predicted molar refractivity (Wildman–Crippen MR) is 215 cm³/mol. The molecule has 15 nitrogen and oxygen atoms in total. The third kappa shape index (κ3) is 9.58. The first-order valence-corrected chi connectivity index (χ1v) is 19.5. The van der Waals surface area contributed by atoms with E-state index in [1.54, 1.807) is 24.9 Å². The lowest BCUT2D eigenvalue weighted by molar-refractivity contribution is -0.137. The number of likely N-dealkylation sites (tertiary alicyclic amines) is 2. The molecule has 60 heavy (non-hydrogen) atoms. The average Bonchev–Trinajstić information content (AvgIpc) is 4.06. The number of imidazole rings is 2. The number of alkyl halides is 2. The van der Waals surface area contributed by atoms with Crippen molar-refractivity contribution in [2.24, 2.45) is 17.8 Å². The molecule has 4 heterocycles. The number of benzene rings is 2. The Bertz CT molecular complexity index is 2310. The average molecular weight is 824 g/mol. The highest BCUT2D eigenvalue weighted by molar-refractivity contribution is 5.87. The summed E-state index contributed by atoms with van der Waals surface area (Å²) in [6.45, 7) is 6.48. The molecule has 314 valence electrons. The van der Waals surface area contributed by atoms with Crippen molar-refractivity contribution in [2.45, 2.75) is 70.6 Å². The molecule has 2 aromatic carbocycles. The standard InChI is InChI=1S/C43H47F2N9O6/c1-24(2)35(51-41(57)59-5)39(55)53-22-28(19-46)17-33(53)37-47-20-31(49-37)29-13-9-26(10-14-29)7-8-27-11-15-30(16-12-27)32-21-48-38(50-32)34-18-43(44,45)23-54(34)40(56)36(25(3)4)52-42(58)60-6/h9-16,20-21,24-25,28,33-36H,17-18,22-23H2,1-6H3,(H,47,49)(H,48,50)(H,51,57)(H,52,58)/t28?,33-,34-,35?,36-/m0/s1. The number of nitriles is 1. The van der Waals surface area contributed by atoms with Gasteiger partial charge in [0.2, 0.25) is 11.8 Å². The second-order valence-electron chi connectivity index (χ2n) is 15.6. The van der Waals surface area contributed by atoms with E-state index in [-0.39, 0.29) is 30.1 Å². The number of nitrogens with one attached hydrogen (secondary N) is 4.